The number of allylic oxidation sites excluding steroid dienone is 4. The monoisotopic (exact) mass is 374 g/mol. The lowest BCUT2D eigenvalue weighted by molar-refractivity contribution is 0.233. The van der Waals surface area contributed by atoms with Crippen molar-refractivity contribution in [3.8, 4) is 5.75 Å². The van der Waals surface area contributed by atoms with Gasteiger partial charge in [-0.25, -0.2) is 4.98 Å². The topological polar surface area (TPSA) is 81.3 Å². The van der Waals surface area contributed by atoms with E-state index in [0.717, 1.165) is 40.5 Å². The molecule has 140 valence electrons. The number of aromatic nitrogens is 3. The Bertz CT molecular complexity index is 1190. The molecule has 3 aromatic rings. The van der Waals surface area contributed by atoms with Gasteiger partial charge in [0, 0.05) is 17.0 Å². The van der Waals surface area contributed by atoms with Crippen LogP contribution < -0.4 is 10.1 Å². The van der Waals surface area contributed by atoms with Gasteiger partial charge >= 0.3 is 0 Å². The molecule has 3 heterocycles. The SMILES string of the molecule is COc1ccc2nc(NC3=COC=C(C4=CC=CCC4)O3)c3n[nH]cc3c2c1. The summed E-state index contributed by atoms with van der Waals surface area (Å²) in [7, 11) is 1.65. The molecule has 0 saturated heterocycles. The van der Waals surface area contributed by atoms with Crippen LogP contribution in [-0.2, 0) is 9.47 Å². The highest BCUT2D eigenvalue weighted by molar-refractivity contribution is 6.08. The third-order valence-electron chi connectivity index (χ3n) is 4.73. The van der Waals surface area contributed by atoms with Gasteiger partial charge in [-0.2, -0.15) is 5.10 Å². The molecule has 7 nitrogen and oxygen atoms in total. The van der Waals surface area contributed by atoms with Crippen LogP contribution in [0.1, 0.15) is 12.8 Å². The Hall–Kier alpha value is -3.74. The maximum absolute atomic E-state index is 5.99. The first-order valence-electron chi connectivity index (χ1n) is 9.00. The molecule has 1 aliphatic carbocycles. The Morgan fingerprint density at radius 1 is 1.21 bits per heavy atom. The number of hydrogen-bond donors (Lipinski definition) is 2. The van der Waals surface area contributed by atoms with Gasteiger partial charge in [0.05, 0.1) is 12.6 Å². The molecule has 1 aromatic carbocycles. The molecule has 0 saturated carbocycles. The van der Waals surface area contributed by atoms with Gasteiger partial charge in [-0.1, -0.05) is 18.2 Å². The average Bonchev–Trinajstić information content (AvgIpc) is 3.25. The highest BCUT2D eigenvalue weighted by Crippen LogP contribution is 2.32. The van der Waals surface area contributed by atoms with E-state index in [1.807, 2.05) is 36.5 Å². The van der Waals surface area contributed by atoms with Gasteiger partial charge in [-0.05, 0) is 36.6 Å². The van der Waals surface area contributed by atoms with Gasteiger partial charge in [0.15, 0.2) is 17.8 Å². The van der Waals surface area contributed by atoms with Crippen molar-refractivity contribution >= 4 is 27.6 Å². The number of H-pyrrole nitrogens is 1. The lowest BCUT2D eigenvalue weighted by atomic mass is 10.0. The fourth-order valence-electron chi connectivity index (χ4n) is 3.34. The highest BCUT2D eigenvalue weighted by Gasteiger charge is 2.18. The molecule has 0 spiro atoms. The quantitative estimate of drug-likeness (QED) is 0.700. The lowest BCUT2D eigenvalue weighted by Gasteiger charge is -2.20. The van der Waals surface area contributed by atoms with Crippen LogP contribution in [0.4, 0.5) is 5.82 Å². The number of nitrogens with one attached hydrogen (secondary N) is 2. The summed E-state index contributed by atoms with van der Waals surface area (Å²) in [5.74, 6) is 2.51. The van der Waals surface area contributed by atoms with Crippen molar-refractivity contribution in [1.82, 2.24) is 15.2 Å². The molecule has 0 radical (unpaired) electrons. The van der Waals surface area contributed by atoms with Crippen molar-refractivity contribution < 1.29 is 14.2 Å². The van der Waals surface area contributed by atoms with Crippen LogP contribution in [0.15, 0.2) is 72.4 Å². The molecule has 7 heteroatoms. The second-order valence-corrected chi connectivity index (χ2v) is 6.48. The first kappa shape index (κ1) is 16.4. The molecular formula is C21H18N4O3. The molecule has 0 atom stereocenters. The maximum Gasteiger partial charge on any atom is 0.234 e. The molecular weight excluding hydrogens is 356 g/mol. The van der Waals surface area contributed by atoms with Crippen molar-refractivity contribution in [1.29, 1.82) is 0 Å². The molecule has 0 bridgehead atoms. The molecule has 0 fully saturated rings. The largest absolute Gasteiger partial charge is 0.497 e. The van der Waals surface area contributed by atoms with Crippen LogP contribution >= 0.6 is 0 Å². The van der Waals surface area contributed by atoms with E-state index in [-0.39, 0.29) is 0 Å². The minimum atomic E-state index is 0.456. The van der Waals surface area contributed by atoms with Gasteiger partial charge in [-0.15, -0.1) is 0 Å². The number of hydrogen-bond acceptors (Lipinski definition) is 6. The number of anilines is 1. The Morgan fingerprint density at radius 2 is 2.18 bits per heavy atom. The van der Waals surface area contributed by atoms with E-state index >= 15 is 0 Å². The van der Waals surface area contributed by atoms with Crippen LogP contribution in [0.2, 0.25) is 0 Å². The Kier molecular flexibility index (Phi) is 3.97. The minimum Gasteiger partial charge on any atom is -0.497 e. The lowest BCUT2D eigenvalue weighted by Crippen LogP contribution is -2.11. The third kappa shape index (κ3) is 2.87. The number of ether oxygens (including phenoxy) is 3. The number of fused-ring (bicyclic) bond motifs is 3. The number of aromatic amines is 1. The van der Waals surface area contributed by atoms with E-state index in [0.29, 0.717) is 23.0 Å². The van der Waals surface area contributed by atoms with Gasteiger partial charge in [-0.3, -0.25) is 5.10 Å². The molecule has 1 aliphatic heterocycles. The van der Waals surface area contributed by atoms with Gasteiger partial charge in [0.2, 0.25) is 5.88 Å². The summed E-state index contributed by atoms with van der Waals surface area (Å²) in [5, 5.41) is 12.4. The summed E-state index contributed by atoms with van der Waals surface area (Å²) >= 11 is 0. The maximum atomic E-state index is 5.99. The van der Waals surface area contributed by atoms with Crippen LogP contribution in [0.25, 0.3) is 21.8 Å². The number of rotatable bonds is 4. The Balaban J connectivity index is 1.48. The first-order chi connectivity index (χ1) is 13.8. The van der Waals surface area contributed by atoms with E-state index in [2.05, 4.69) is 21.6 Å². The smallest absolute Gasteiger partial charge is 0.234 e. The van der Waals surface area contributed by atoms with Crippen LogP contribution in [-0.4, -0.2) is 22.3 Å². The second-order valence-electron chi connectivity index (χ2n) is 6.48. The number of nitrogens with zero attached hydrogens (tertiary/aromatic N) is 2. The van der Waals surface area contributed by atoms with Crippen LogP contribution in [0, 0.1) is 0 Å². The summed E-state index contributed by atoms with van der Waals surface area (Å²) in [6.45, 7) is 0. The van der Waals surface area contributed by atoms with E-state index in [9.17, 15) is 0 Å². The molecule has 2 N–H and O–H groups in total. The summed E-state index contributed by atoms with van der Waals surface area (Å²) in [5.41, 5.74) is 2.63. The number of methoxy groups -OCH3 is 1. The Labute approximate surface area is 161 Å². The van der Waals surface area contributed by atoms with E-state index in [1.54, 1.807) is 13.4 Å². The molecule has 5 rings (SSSR count). The van der Waals surface area contributed by atoms with E-state index in [4.69, 9.17) is 19.2 Å². The summed E-state index contributed by atoms with van der Waals surface area (Å²) in [6, 6.07) is 5.75. The summed E-state index contributed by atoms with van der Waals surface area (Å²) < 4.78 is 16.8. The van der Waals surface area contributed by atoms with Crippen molar-refractivity contribution in [2.24, 2.45) is 0 Å². The normalized spacial score (nSPS) is 16.1. The Morgan fingerprint density at radius 3 is 3.04 bits per heavy atom. The van der Waals surface area contributed by atoms with Crippen LogP contribution in [0.5, 0.6) is 5.75 Å². The van der Waals surface area contributed by atoms with Crippen molar-refractivity contribution in [2.45, 2.75) is 12.8 Å². The summed E-state index contributed by atoms with van der Waals surface area (Å²) in [4.78, 5) is 4.71. The van der Waals surface area contributed by atoms with Gasteiger partial charge in [0.1, 0.15) is 17.5 Å². The third-order valence-corrected chi connectivity index (χ3v) is 4.73. The minimum absolute atomic E-state index is 0.456. The number of benzene rings is 1. The molecule has 2 aliphatic rings. The predicted octanol–water partition coefficient (Wildman–Crippen LogP) is 4.50. The summed E-state index contributed by atoms with van der Waals surface area (Å²) in [6.07, 6.45) is 13.1. The predicted molar refractivity (Wildman–Crippen MR) is 106 cm³/mol. The zero-order chi connectivity index (χ0) is 18.9. The van der Waals surface area contributed by atoms with E-state index in [1.165, 1.54) is 6.26 Å². The molecule has 0 unspecified atom stereocenters. The average molecular weight is 374 g/mol. The zero-order valence-corrected chi connectivity index (χ0v) is 15.2. The van der Waals surface area contributed by atoms with Gasteiger partial charge < -0.3 is 19.5 Å². The first-order valence-corrected chi connectivity index (χ1v) is 9.00. The standard InChI is InChI=1S/C21H18N4O3/c1-26-14-7-8-17-15(9-14)16-10-22-25-20(16)21(23-17)24-19-12-27-11-18(28-19)13-5-3-2-4-6-13/h2-3,5,7-12H,4,6H2,1H3,(H,22,25)(H,23,24). The van der Waals surface area contributed by atoms with Gasteiger partial charge in [0.25, 0.3) is 0 Å². The second kappa shape index (κ2) is 6.77. The molecule has 2 aromatic heterocycles. The van der Waals surface area contributed by atoms with Crippen molar-refractivity contribution in [3.05, 3.63) is 72.4 Å². The fraction of sp³-hybridized carbons (Fsp3) is 0.143. The number of pyridine rings is 1. The van der Waals surface area contributed by atoms with E-state index < -0.39 is 0 Å². The zero-order valence-electron chi connectivity index (χ0n) is 15.2. The van der Waals surface area contributed by atoms with Crippen LogP contribution in [0.3, 0.4) is 0 Å². The van der Waals surface area contributed by atoms with Crippen molar-refractivity contribution in [2.75, 3.05) is 12.4 Å². The fourth-order valence-corrected chi connectivity index (χ4v) is 3.34. The molecule has 0 amide bonds. The van der Waals surface area contributed by atoms with Crippen molar-refractivity contribution in [3.63, 3.8) is 0 Å². The molecule has 28 heavy (non-hydrogen) atoms. The highest BCUT2D eigenvalue weighted by atomic mass is 16.6.